The Bertz CT molecular complexity index is 1320. The highest BCUT2D eigenvalue weighted by Crippen LogP contribution is 2.47. The van der Waals surface area contributed by atoms with Gasteiger partial charge >= 0.3 is 5.97 Å². The van der Waals surface area contributed by atoms with Crippen molar-refractivity contribution in [3.8, 4) is 5.69 Å². The molecule has 37 heavy (non-hydrogen) atoms. The molecule has 1 saturated carbocycles. The van der Waals surface area contributed by atoms with Crippen molar-refractivity contribution in [2.45, 2.75) is 58.0 Å². The molecule has 196 valence electrons. The average Bonchev–Trinajstić information content (AvgIpc) is 3.66. The second-order valence-electron chi connectivity index (χ2n) is 9.89. The van der Waals surface area contributed by atoms with Crippen molar-refractivity contribution in [3.63, 3.8) is 0 Å². The van der Waals surface area contributed by atoms with Gasteiger partial charge in [0.2, 0.25) is 0 Å². The smallest absolute Gasteiger partial charge is 0.306 e. The zero-order chi connectivity index (χ0) is 26.7. The minimum Gasteiger partial charge on any atom is -0.463 e. The van der Waals surface area contributed by atoms with Gasteiger partial charge in [-0.15, -0.1) is 10.7 Å². The summed E-state index contributed by atoms with van der Waals surface area (Å²) in [4.78, 5) is 25.3. The molecule has 2 atom stereocenters. The predicted molar refractivity (Wildman–Crippen MR) is 158 cm³/mol. The van der Waals surface area contributed by atoms with Crippen LogP contribution >= 0.6 is 10.7 Å². The monoisotopic (exact) mass is 520 g/mol. The Labute approximate surface area is 223 Å². The van der Waals surface area contributed by atoms with Crippen LogP contribution in [0.2, 0.25) is 0 Å². The number of nitrogens with one attached hydrogen (secondary N) is 1. The van der Waals surface area contributed by atoms with Gasteiger partial charge in [0.25, 0.3) is 5.91 Å². The first kappa shape index (κ1) is 27.0. The van der Waals surface area contributed by atoms with Gasteiger partial charge in [-0.2, -0.15) is 5.10 Å². The molecule has 0 saturated heterocycles. The fourth-order valence-corrected chi connectivity index (χ4v) is 5.40. The second-order valence-corrected chi connectivity index (χ2v) is 11.5. The number of benzene rings is 2. The third kappa shape index (κ3) is 6.09. The highest BCUT2D eigenvalue weighted by molar-refractivity contribution is 8.14. The maximum atomic E-state index is 13.0. The summed E-state index contributed by atoms with van der Waals surface area (Å²) in [5.74, 6) is 4.48. The van der Waals surface area contributed by atoms with E-state index in [4.69, 9.17) is 9.84 Å². The highest BCUT2D eigenvalue weighted by Gasteiger charge is 2.30. The first-order chi connectivity index (χ1) is 17.7. The number of esters is 1. The Hall–Kier alpha value is -3.07. The van der Waals surface area contributed by atoms with E-state index in [2.05, 4.69) is 33.9 Å². The number of carbonyl (C=O) groups is 2. The van der Waals surface area contributed by atoms with E-state index in [1.165, 1.54) is 5.56 Å². The van der Waals surface area contributed by atoms with Crippen LogP contribution in [0, 0.1) is 0 Å². The van der Waals surface area contributed by atoms with Gasteiger partial charge in [0.15, 0.2) is 0 Å². The molecule has 1 aliphatic rings. The number of nitrogens with zero attached hydrogens (tertiary/aromatic N) is 3. The van der Waals surface area contributed by atoms with E-state index in [0.29, 0.717) is 31.0 Å². The summed E-state index contributed by atoms with van der Waals surface area (Å²) in [6.07, 6.45) is 6.17. The minimum absolute atomic E-state index is 0.0562. The number of ether oxygens (including phenoxy) is 1. The summed E-state index contributed by atoms with van der Waals surface area (Å²) in [5, 5.41) is 8.54. The molecule has 2 aromatic carbocycles. The van der Waals surface area contributed by atoms with Crippen LogP contribution in [0.1, 0.15) is 67.9 Å². The Kier molecular flexibility index (Phi) is 8.42. The van der Waals surface area contributed by atoms with E-state index in [0.717, 1.165) is 47.0 Å². The second kappa shape index (κ2) is 11.5. The van der Waals surface area contributed by atoms with Gasteiger partial charge in [-0.25, -0.2) is 4.68 Å². The molecule has 1 fully saturated rings. The van der Waals surface area contributed by atoms with Gasteiger partial charge in [-0.05, 0) is 74.6 Å². The first-order valence-electron chi connectivity index (χ1n) is 13.0. The summed E-state index contributed by atoms with van der Waals surface area (Å²) < 4.78 is 9.48. The lowest BCUT2D eigenvalue weighted by Gasteiger charge is -2.28. The number of fused-ring (bicyclic) bond motifs is 1. The Morgan fingerprint density at radius 3 is 2.59 bits per heavy atom. The standard InChI is InChI=1S/C28H37BN4O3S/c1-6-18(2)36-26(34)8-7-15-32(37(4)5)25-17-24-23(16-22(25)19-9-10-19)27(28(35)30-3)33(31-24)21-13-11-20(29)12-14-21/h11-14,16-19H,4,6-10,15,29H2,1-3,5H3,(H,30,35). The lowest BCUT2D eigenvalue weighted by atomic mass is 9.96. The topological polar surface area (TPSA) is 76.5 Å². The van der Waals surface area contributed by atoms with Crippen LogP contribution in [0.3, 0.4) is 0 Å². The van der Waals surface area contributed by atoms with Crippen molar-refractivity contribution in [2.24, 2.45) is 0 Å². The zero-order valence-electron chi connectivity index (χ0n) is 22.5. The van der Waals surface area contributed by atoms with Gasteiger partial charge in [0.1, 0.15) is 13.5 Å². The summed E-state index contributed by atoms with van der Waals surface area (Å²) in [5.41, 5.74) is 5.63. The van der Waals surface area contributed by atoms with Gasteiger partial charge < -0.3 is 14.4 Å². The SMILES string of the molecule is Bc1ccc(-n2nc3cc(N(CCCC(=O)OC(C)CC)S(=C)C)c(C4CC4)cc3c2C(=O)NC)cc1. The summed E-state index contributed by atoms with van der Waals surface area (Å²) in [6.45, 7) is 4.63. The van der Waals surface area contributed by atoms with Gasteiger partial charge in [-0.3, -0.25) is 9.59 Å². The molecule has 3 aromatic rings. The van der Waals surface area contributed by atoms with Crippen LogP contribution < -0.4 is 15.1 Å². The molecule has 1 heterocycles. The van der Waals surface area contributed by atoms with Crippen molar-refractivity contribution in [2.75, 3.05) is 24.2 Å². The van der Waals surface area contributed by atoms with E-state index in [9.17, 15) is 9.59 Å². The predicted octanol–water partition coefficient (Wildman–Crippen LogP) is 3.69. The average molecular weight is 521 g/mol. The Morgan fingerprint density at radius 1 is 1.30 bits per heavy atom. The number of amides is 1. The van der Waals surface area contributed by atoms with Crippen LogP contribution in [0.25, 0.3) is 16.6 Å². The molecule has 0 radical (unpaired) electrons. The Balaban J connectivity index is 1.73. The minimum atomic E-state index is -0.304. The zero-order valence-corrected chi connectivity index (χ0v) is 23.4. The molecule has 2 unspecified atom stereocenters. The summed E-state index contributed by atoms with van der Waals surface area (Å²) >= 11 is 0. The molecule has 0 bridgehead atoms. The first-order valence-corrected chi connectivity index (χ1v) is 14.8. The maximum absolute atomic E-state index is 13.0. The fourth-order valence-electron chi connectivity index (χ4n) is 4.46. The third-order valence-electron chi connectivity index (χ3n) is 6.85. The lowest BCUT2D eigenvalue weighted by Crippen LogP contribution is -2.22. The van der Waals surface area contributed by atoms with Crippen molar-refractivity contribution in [1.82, 2.24) is 15.1 Å². The third-order valence-corrected chi connectivity index (χ3v) is 7.98. The lowest BCUT2D eigenvalue weighted by molar-refractivity contribution is -0.148. The summed E-state index contributed by atoms with van der Waals surface area (Å²) in [6, 6.07) is 12.3. The normalized spacial score (nSPS) is 14.8. The number of rotatable bonds is 11. The maximum Gasteiger partial charge on any atom is 0.306 e. The number of hydrogen-bond donors (Lipinski definition) is 1. The molecule has 0 aliphatic heterocycles. The van der Waals surface area contributed by atoms with Crippen molar-refractivity contribution < 1.29 is 14.3 Å². The number of carbonyl (C=O) groups excluding carboxylic acids is 2. The summed E-state index contributed by atoms with van der Waals surface area (Å²) in [7, 11) is 3.38. The van der Waals surface area contributed by atoms with Crippen LogP contribution in [0.5, 0.6) is 0 Å². The van der Waals surface area contributed by atoms with E-state index in [1.807, 2.05) is 46.0 Å². The van der Waals surface area contributed by atoms with Crippen LogP contribution in [0.15, 0.2) is 36.4 Å². The van der Waals surface area contributed by atoms with Crippen LogP contribution in [-0.4, -0.2) is 61.3 Å². The van der Waals surface area contributed by atoms with Gasteiger partial charge in [0, 0.05) is 25.4 Å². The molecule has 7 nitrogen and oxygen atoms in total. The largest absolute Gasteiger partial charge is 0.463 e. The molecule has 1 amide bonds. The highest BCUT2D eigenvalue weighted by atomic mass is 32.2. The molecular weight excluding hydrogens is 483 g/mol. The fraction of sp³-hybridized carbons (Fsp3) is 0.429. The van der Waals surface area contributed by atoms with Crippen molar-refractivity contribution in [1.29, 1.82) is 0 Å². The van der Waals surface area contributed by atoms with E-state index in [-0.39, 0.29) is 28.7 Å². The Morgan fingerprint density at radius 2 is 2.00 bits per heavy atom. The molecule has 1 aliphatic carbocycles. The van der Waals surface area contributed by atoms with Gasteiger partial charge in [0.05, 0.1) is 23.0 Å². The number of anilines is 1. The number of aromatic nitrogens is 2. The van der Waals surface area contributed by atoms with E-state index < -0.39 is 0 Å². The molecule has 4 rings (SSSR count). The van der Waals surface area contributed by atoms with Crippen LogP contribution in [-0.2, 0) is 9.53 Å². The van der Waals surface area contributed by atoms with Gasteiger partial charge in [-0.1, -0.05) is 30.4 Å². The number of hydrogen-bond acceptors (Lipinski definition) is 5. The molecule has 9 heteroatoms. The van der Waals surface area contributed by atoms with E-state index >= 15 is 0 Å². The van der Waals surface area contributed by atoms with Crippen LogP contribution in [0.4, 0.5) is 5.69 Å². The molecular formula is C28H37BN4O3S. The molecule has 0 spiro atoms. The van der Waals surface area contributed by atoms with Crippen molar-refractivity contribution in [3.05, 3.63) is 47.7 Å². The molecule has 1 N–H and O–H groups in total. The van der Waals surface area contributed by atoms with E-state index in [1.54, 1.807) is 11.7 Å². The van der Waals surface area contributed by atoms with Crippen molar-refractivity contribution >= 4 is 58.3 Å². The molecule has 1 aromatic heterocycles. The quantitative estimate of drug-likeness (QED) is 0.237.